The topological polar surface area (TPSA) is 63.5 Å². The van der Waals surface area contributed by atoms with Gasteiger partial charge in [0.2, 0.25) is 5.91 Å². The second kappa shape index (κ2) is 6.03. The van der Waals surface area contributed by atoms with Crippen LogP contribution in [0.5, 0.6) is 0 Å². The SMILES string of the molecule is CC(C)N(C(=O)/C=C/c1ccc(F)cc1[N+](=O)[O-])C1CC1. The number of hydrogen-bond donors (Lipinski definition) is 0. The highest BCUT2D eigenvalue weighted by atomic mass is 19.1. The average molecular weight is 292 g/mol. The Balaban J connectivity index is 2.20. The van der Waals surface area contributed by atoms with Crippen LogP contribution in [0, 0.1) is 15.9 Å². The average Bonchev–Trinajstić information content (AvgIpc) is 3.21. The van der Waals surface area contributed by atoms with Crippen LogP contribution < -0.4 is 0 Å². The van der Waals surface area contributed by atoms with Gasteiger partial charge in [-0.3, -0.25) is 14.9 Å². The van der Waals surface area contributed by atoms with E-state index in [1.54, 1.807) is 4.90 Å². The number of rotatable bonds is 5. The summed E-state index contributed by atoms with van der Waals surface area (Å²) < 4.78 is 13.1. The van der Waals surface area contributed by atoms with Crippen LogP contribution in [0.4, 0.5) is 10.1 Å². The first-order valence-electron chi connectivity index (χ1n) is 6.84. The smallest absolute Gasteiger partial charge is 0.279 e. The summed E-state index contributed by atoms with van der Waals surface area (Å²) in [5, 5.41) is 10.9. The zero-order valence-corrected chi connectivity index (χ0v) is 12.0. The number of nitrogens with zero attached hydrogens (tertiary/aromatic N) is 2. The summed E-state index contributed by atoms with van der Waals surface area (Å²) >= 11 is 0. The van der Waals surface area contributed by atoms with Gasteiger partial charge in [-0.05, 0) is 44.9 Å². The molecule has 0 radical (unpaired) electrons. The second-order valence-corrected chi connectivity index (χ2v) is 5.36. The van der Waals surface area contributed by atoms with E-state index in [9.17, 15) is 19.3 Å². The summed E-state index contributed by atoms with van der Waals surface area (Å²) in [4.78, 5) is 24.2. The van der Waals surface area contributed by atoms with Crippen molar-refractivity contribution < 1.29 is 14.1 Å². The molecular formula is C15H17FN2O3. The molecule has 1 aromatic rings. The van der Waals surface area contributed by atoms with Gasteiger partial charge in [0.15, 0.2) is 0 Å². The zero-order valence-electron chi connectivity index (χ0n) is 12.0. The first-order valence-corrected chi connectivity index (χ1v) is 6.84. The number of hydrogen-bond acceptors (Lipinski definition) is 3. The van der Waals surface area contributed by atoms with E-state index in [0.29, 0.717) is 0 Å². The van der Waals surface area contributed by atoms with Crippen LogP contribution in [0.3, 0.4) is 0 Å². The van der Waals surface area contributed by atoms with E-state index < -0.39 is 10.7 Å². The Hall–Kier alpha value is -2.24. The molecule has 0 unspecified atom stereocenters. The van der Waals surface area contributed by atoms with Crippen molar-refractivity contribution in [2.45, 2.75) is 38.8 Å². The molecule has 1 aliphatic carbocycles. The molecule has 6 heteroatoms. The molecule has 0 bridgehead atoms. The first kappa shape index (κ1) is 15.2. The predicted octanol–water partition coefficient (Wildman–Crippen LogP) is 3.15. The second-order valence-electron chi connectivity index (χ2n) is 5.36. The number of nitro groups is 1. The molecule has 0 atom stereocenters. The molecule has 1 aromatic carbocycles. The first-order chi connectivity index (χ1) is 9.90. The van der Waals surface area contributed by atoms with Crippen molar-refractivity contribution in [1.29, 1.82) is 0 Å². The van der Waals surface area contributed by atoms with Crippen LogP contribution in [0.15, 0.2) is 24.3 Å². The van der Waals surface area contributed by atoms with Gasteiger partial charge in [0, 0.05) is 18.2 Å². The van der Waals surface area contributed by atoms with Crippen LogP contribution in [0.1, 0.15) is 32.3 Å². The van der Waals surface area contributed by atoms with Crippen LogP contribution in [0.25, 0.3) is 6.08 Å². The van der Waals surface area contributed by atoms with E-state index in [-0.39, 0.29) is 29.2 Å². The molecule has 2 rings (SSSR count). The summed E-state index contributed by atoms with van der Waals surface area (Å²) in [6.07, 6.45) is 4.68. The third-order valence-corrected chi connectivity index (χ3v) is 3.35. The standard InChI is InChI=1S/C15H17FN2O3/c1-10(2)17(13-6-7-13)15(19)8-4-11-3-5-12(16)9-14(11)18(20)21/h3-5,8-10,13H,6-7H2,1-2H3/b8-4+. The fourth-order valence-electron chi connectivity index (χ4n) is 2.27. The highest BCUT2D eigenvalue weighted by molar-refractivity contribution is 5.93. The maximum absolute atomic E-state index is 13.1. The third-order valence-electron chi connectivity index (χ3n) is 3.35. The maximum atomic E-state index is 13.1. The molecule has 0 spiro atoms. The molecule has 1 amide bonds. The normalized spacial score (nSPS) is 14.7. The number of nitro benzene ring substituents is 1. The van der Waals surface area contributed by atoms with E-state index in [1.807, 2.05) is 13.8 Å². The van der Waals surface area contributed by atoms with Crippen LogP contribution in [0.2, 0.25) is 0 Å². The monoisotopic (exact) mass is 292 g/mol. The molecule has 5 nitrogen and oxygen atoms in total. The third kappa shape index (κ3) is 3.65. The van der Waals surface area contributed by atoms with Crippen LogP contribution in [-0.2, 0) is 4.79 Å². The number of carbonyl (C=O) groups excluding carboxylic acids is 1. The van der Waals surface area contributed by atoms with E-state index in [2.05, 4.69) is 0 Å². The Bertz CT molecular complexity index is 593. The summed E-state index contributed by atoms with van der Waals surface area (Å²) in [6.45, 7) is 3.87. The summed E-state index contributed by atoms with van der Waals surface area (Å²) in [7, 11) is 0. The molecule has 1 aliphatic rings. The lowest BCUT2D eigenvalue weighted by Crippen LogP contribution is -2.37. The van der Waals surface area contributed by atoms with Crippen molar-refractivity contribution in [2.24, 2.45) is 0 Å². The number of halogens is 1. The molecule has 0 heterocycles. The Morgan fingerprint density at radius 3 is 2.67 bits per heavy atom. The minimum Gasteiger partial charge on any atom is -0.334 e. The van der Waals surface area contributed by atoms with Crippen LogP contribution in [-0.4, -0.2) is 27.8 Å². The van der Waals surface area contributed by atoms with Crippen molar-refractivity contribution in [2.75, 3.05) is 0 Å². The molecule has 0 aromatic heterocycles. The van der Waals surface area contributed by atoms with Crippen molar-refractivity contribution in [3.63, 3.8) is 0 Å². The summed E-state index contributed by atoms with van der Waals surface area (Å²) in [6, 6.07) is 3.64. The van der Waals surface area contributed by atoms with E-state index in [4.69, 9.17) is 0 Å². The molecule has 1 saturated carbocycles. The van der Waals surface area contributed by atoms with Gasteiger partial charge in [0.05, 0.1) is 16.6 Å². The molecular weight excluding hydrogens is 275 g/mol. The maximum Gasteiger partial charge on any atom is 0.279 e. The predicted molar refractivity (Wildman–Crippen MR) is 77.1 cm³/mol. The largest absolute Gasteiger partial charge is 0.334 e. The van der Waals surface area contributed by atoms with Crippen molar-refractivity contribution >= 4 is 17.7 Å². The molecule has 0 aliphatic heterocycles. The fourth-order valence-corrected chi connectivity index (χ4v) is 2.27. The van der Waals surface area contributed by atoms with Crippen molar-refractivity contribution in [3.8, 4) is 0 Å². The molecule has 1 fully saturated rings. The lowest BCUT2D eigenvalue weighted by atomic mass is 10.1. The summed E-state index contributed by atoms with van der Waals surface area (Å²) in [5.41, 5.74) is -0.129. The highest BCUT2D eigenvalue weighted by Gasteiger charge is 2.33. The lowest BCUT2D eigenvalue weighted by Gasteiger charge is -2.25. The van der Waals surface area contributed by atoms with Gasteiger partial charge in [0.1, 0.15) is 5.82 Å². The van der Waals surface area contributed by atoms with Gasteiger partial charge in [-0.1, -0.05) is 0 Å². The number of benzene rings is 1. The van der Waals surface area contributed by atoms with Gasteiger partial charge >= 0.3 is 0 Å². The minimum absolute atomic E-state index is 0.0813. The van der Waals surface area contributed by atoms with Crippen molar-refractivity contribution in [3.05, 3.63) is 45.8 Å². The van der Waals surface area contributed by atoms with Gasteiger partial charge in [-0.25, -0.2) is 4.39 Å². The molecule has 21 heavy (non-hydrogen) atoms. The fraction of sp³-hybridized carbons (Fsp3) is 0.400. The lowest BCUT2D eigenvalue weighted by molar-refractivity contribution is -0.385. The van der Waals surface area contributed by atoms with Crippen molar-refractivity contribution in [1.82, 2.24) is 4.90 Å². The Morgan fingerprint density at radius 1 is 1.48 bits per heavy atom. The number of amides is 1. The Labute approximate surface area is 122 Å². The van der Waals surface area contributed by atoms with Gasteiger partial charge in [-0.2, -0.15) is 0 Å². The molecule has 112 valence electrons. The van der Waals surface area contributed by atoms with E-state index >= 15 is 0 Å². The Morgan fingerprint density at radius 2 is 2.14 bits per heavy atom. The van der Waals surface area contributed by atoms with Gasteiger partial charge in [-0.15, -0.1) is 0 Å². The zero-order chi connectivity index (χ0) is 15.6. The van der Waals surface area contributed by atoms with E-state index in [1.165, 1.54) is 18.2 Å². The highest BCUT2D eigenvalue weighted by Crippen LogP contribution is 2.29. The summed E-state index contributed by atoms with van der Waals surface area (Å²) in [5.74, 6) is -0.849. The van der Waals surface area contributed by atoms with E-state index in [0.717, 1.165) is 25.0 Å². The molecule has 0 saturated heterocycles. The quantitative estimate of drug-likeness (QED) is 0.476. The van der Waals surface area contributed by atoms with Gasteiger partial charge < -0.3 is 4.90 Å². The Kier molecular flexibility index (Phi) is 4.35. The van der Waals surface area contributed by atoms with Gasteiger partial charge in [0.25, 0.3) is 5.69 Å². The molecule has 0 N–H and O–H groups in total. The number of carbonyl (C=O) groups is 1. The minimum atomic E-state index is -0.674. The van der Waals surface area contributed by atoms with Crippen LogP contribution >= 0.6 is 0 Å².